The fourth-order valence-corrected chi connectivity index (χ4v) is 4.48. The highest BCUT2D eigenvalue weighted by Crippen LogP contribution is 2.25. The molecule has 5 rings (SSSR count). The molecule has 8 nitrogen and oxygen atoms in total. The van der Waals surface area contributed by atoms with Crippen LogP contribution < -0.4 is 5.73 Å². The monoisotopic (exact) mass is 441 g/mol. The van der Waals surface area contributed by atoms with Gasteiger partial charge in [0.15, 0.2) is 0 Å². The van der Waals surface area contributed by atoms with Gasteiger partial charge in [-0.3, -0.25) is 9.20 Å². The van der Waals surface area contributed by atoms with E-state index >= 15 is 0 Å². The van der Waals surface area contributed by atoms with E-state index in [-0.39, 0.29) is 5.91 Å². The van der Waals surface area contributed by atoms with Crippen LogP contribution in [0, 0.1) is 19.8 Å². The van der Waals surface area contributed by atoms with Gasteiger partial charge in [0.25, 0.3) is 5.91 Å². The van der Waals surface area contributed by atoms with Gasteiger partial charge in [0, 0.05) is 24.5 Å². The second-order valence-electron chi connectivity index (χ2n) is 8.91. The molecule has 0 atom stereocenters. The van der Waals surface area contributed by atoms with Crippen molar-refractivity contribution in [1.82, 2.24) is 28.7 Å². The highest BCUT2D eigenvalue weighted by molar-refractivity contribution is 5.98. The Labute approximate surface area is 191 Å². The zero-order chi connectivity index (χ0) is 23.3. The molecule has 0 unspecified atom stereocenters. The number of anilines is 1. The number of pyridine rings is 1. The SMILES string of the molecule is Cc1nc(C)n2c1c(N)nc1ccc(C(=O)N(Cc3cn4ccccc4n3)CC(C)C)cc12. The Balaban J connectivity index is 1.56. The lowest BCUT2D eigenvalue weighted by molar-refractivity contribution is 0.0721. The summed E-state index contributed by atoms with van der Waals surface area (Å²) in [5, 5.41) is 0. The Hall–Kier alpha value is -3.94. The Morgan fingerprint density at radius 1 is 1.12 bits per heavy atom. The second-order valence-corrected chi connectivity index (χ2v) is 8.91. The molecule has 8 heteroatoms. The number of benzene rings is 1. The van der Waals surface area contributed by atoms with Crippen molar-refractivity contribution in [3.63, 3.8) is 0 Å². The number of aryl methyl sites for hydroxylation is 2. The van der Waals surface area contributed by atoms with E-state index in [1.165, 1.54) is 0 Å². The second kappa shape index (κ2) is 7.88. The zero-order valence-corrected chi connectivity index (χ0v) is 19.3. The molecular formula is C25H27N7O. The van der Waals surface area contributed by atoms with Crippen molar-refractivity contribution in [3.05, 3.63) is 71.6 Å². The molecule has 2 N–H and O–H groups in total. The van der Waals surface area contributed by atoms with Gasteiger partial charge in [-0.15, -0.1) is 0 Å². The molecule has 4 aromatic heterocycles. The Bertz CT molecular complexity index is 1480. The van der Waals surface area contributed by atoms with Gasteiger partial charge in [-0.25, -0.2) is 15.0 Å². The number of carbonyl (C=O) groups is 1. The summed E-state index contributed by atoms with van der Waals surface area (Å²) in [6, 6.07) is 11.4. The standard InChI is InChI=1S/C25H27N7O/c1-15(2)12-31(14-19-13-30-10-6-5-7-22(30)28-19)25(33)18-8-9-20-21(11-18)32-17(4)27-16(3)23(32)24(26)29-20/h5-11,13,15H,12,14H2,1-4H3,(H2,26,29). The molecule has 0 spiro atoms. The number of nitrogens with zero attached hydrogens (tertiary/aromatic N) is 6. The molecule has 1 amide bonds. The summed E-state index contributed by atoms with van der Waals surface area (Å²) in [6.07, 6.45) is 3.94. The molecule has 1 aromatic carbocycles. The van der Waals surface area contributed by atoms with Gasteiger partial charge >= 0.3 is 0 Å². The van der Waals surface area contributed by atoms with Crippen LogP contribution in [-0.2, 0) is 6.54 Å². The van der Waals surface area contributed by atoms with E-state index in [2.05, 4.69) is 28.8 Å². The summed E-state index contributed by atoms with van der Waals surface area (Å²) < 4.78 is 3.96. The first-order chi connectivity index (χ1) is 15.8. The molecule has 0 aliphatic carbocycles. The summed E-state index contributed by atoms with van der Waals surface area (Å²) in [6.45, 7) is 9.14. The number of hydrogen-bond acceptors (Lipinski definition) is 5. The number of carbonyl (C=O) groups excluding carboxylic acids is 1. The number of imidazole rings is 2. The van der Waals surface area contributed by atoms with E-state index in [1.807, 2.05) is 76.3 Å². The van der Waals surface area contributed by atoms with Crippen molar-refractivity contribution in [2.24, 2.45) is 5.92 Å². The maximum atomic E-state index is 13.7. The third-order valence-corrected chi connectivity index (χ3v) is 5.81. The molecule has 0 fully saturated rings. The molecular weight excluding hydrogens is 414 g/mol. The minimum Gasteiger partial charge on any atom is -0.382 e. The number of nitrogen functional groups attached to an aromatic ring is 1. The number of aromatic nitrogens is 5. The topological polar surface area (TPSA) is 93.8 Å². The molecule has 0 saturated heterocycles. The first kappa shape index (κ1) is 20.9. The third-order valence-electron chi connectivity index (χ3n) is 5.81. The van der Waals surface area contributed by atoms with Crippen molar-refractivity contribution < 1.29 is 4.79 Å². The van der Waals surface area contributed by atoms with E-state index in [4.69, 9.17) is 5.73 Å². The molecule has 0 saturated carbocycles. The summed E-state index contributed by atoms with van der Waals surface area (Å²) in [4.78, 5) is 29.3. The van der Waals surface area contributed by atoms with Gasteiger partial charge in [-0.2, -0.15) is 0 Å². The lowest BCUT2D eigenvalue weighted by Gasteiger charge is -2.24. The molecule has 33 heavy (non-hydrogen) atoms. The Kier molecular flexibility index (Phi) is 5.00. The lowest BCUT2D eigenvalue weighted by atomic mass is 10.1. The fourth-order valence-electron chi connectivity index (χ4n) is 4.48. The van der Waals surface area contributed by atoms with Crippen molar-refractivity contribution in [2.75, 3.05) is 12.3 Å². The first-order valence-electron chi connectivity index (χ1n) is 11.1. The number of hydrogen-bond donors (Lipinski definition) is 1. The highest BCUT2D eigenvalue weighted by Gasteiger charge is 2.21. The highest BCUT2D eigenvalue weighted by atomic mass is 16.2. The van der Waals surface area contributed by atoms with E-state index < -0.39 is 0 Å². The van der Waals surface area contributed by atoms with Crippen molar-refractivity contribution in [3.8, 4) is 0 Å². The summed E-state index contributed by atoms with van der Waals surface area (Å²) >= 11 is 0. The Morgan fingerprint density at radius 3 is 2.70 bits per heavy atom. The maximum absolute atomic E-state index is 13.7. The van der Waals surface area contributed by atoms with Crippen LogP contribution in [0.15, 0.2) is 48.8 Å². The minimum atomic E-state index is -0.0397. The molecule has 0 aliphatic heterocycles. The number of rotatable bonds is 5. The third kappa shape index (κ3) is 3.67. The van der Waals surface area contributed by atoms with Gasteiger partial charge in [-0.1, -0.05) is 19.9 Å². The maximum Gasteiger partial charge on any atom is 0.254 e. The Morgan fingerprint density at radius 2 is 1.94 bits per heavy atom. The largest absolute Gasteiger partial charge is 0.382 e. The van der Waals surface area contributed by atoms with Crippen molar-refractivity contribution in [1.29, 1.82) is 0 Å². The number of fused-ring (bicyclic) bond motifs is 4. The quantitative estimate of drug-likeness (QED) is 0.444. The van der Waals surface area contributed by atoms with Gasteiger partial charge in [-0.05, 0) is 50.1 Å². The van der Waals surface area contributed by atoms with Crippen LogP contribution in [-0.4, -0.2) is 41.1 Å². The molecule has 4 heterocycles. The average molecular weight is 442 g/mol. The van der Waals surface area contributed by atoms with Crippen LogP contribution in [0.25, 0.3) is 22.2 Å². The lowest BCUT2D eigenvalue weighted by Crippen LogP contribution is -2.34. The average Bonchev–Trinajstić information content (AvgIpc) is 3.32. The van der Waals surface area contributed by atoms with Crippen molar-refractivity contribution in [2.45, 2.75) is 34.2 Å². The van der Waals surface area contributed by atoms with E-state index in [9.17, 15) is 4.79 Å². The normalized spacial score (nSPS) is 11.8. The number of nitrogens with two attached hydrogens (primary N) is 1. The molecule has 168 valence electrons. The van der Waals surface area contributed by atoms with E-state index in [0.717, 1.165) is 39.4 Å². The molecule has 0 aliphatic rings. The summed E-state index contributed by atoms with van der Waals surface area (Å²) in [5.74, 6) is 1.53. The molecule has 0 bridgehead atoms. The zero-order valence-electron chi connectivity index (χ0n) is 19.3. The van der Waals surface area contributed by atoms with Crippen LogP contribution in [0.4, 0.5) is 5.82 Å². The van der Waals surface area contributed by atoms with Gasteiger partial charge in [0.1, 0.15) is 22.8 Å². The van der Waals surface area contributed by atoms with E-state index in [1.54, 1.807) is 0 Å². The van der Waals surface area contributed by atoms with Gasteiger partial charge in [0.2, 0.25) is 0 Å². The fraction of sp³-hybridized carbons (Fsp3) is 0.280. The molecule has 5 aromatic rings. The van der Waals surface area contributed by atoms with Gasteiger partial charge < -0.3 is 15.0 Å². The van der Waals surface area contributed by atoms with Crippen LogP contribution in [0.3, 0.4) is 0 Å². The number of amides is 1. The van der Waals surface area contributed by atoms with Gasteiger partial charge in [0.05, 0.1) is 29.0 Å². The van der Waals surface area contributed by atoms with Crippen LogP contribution in [0.1, 0.15) is 41.4 Å². The van der Waals surface area contributed by atoms with Crippen LogP contribution >= 0.6 is 0 Å². The minimum absolute atomic E-state index is 0.0397. The summed E-state index contributed by atoms with van der Waals surface area (Å²) in [5.41, 5.74) is 11.7. The van der Waals surface area contributed by atoms with E-state index in [0.29, 0.717) is 30.4 Å². The predicted molar refractivity (Wildman–Crippen MR) is 129 cm³/mol. The molecule has 0 radical (unpaired) electrons. The van der Waals surface area contributed by atoms with Crippen LogP contribution in [0.2, 0.25) is 0 Å². The van der Waals surface area contributed by atoms with Crippen molar-refractivity contribution >= 4 is 33.9 Å². The van der Waals surface area contributed by atoms with Crippen LogP contribution in [0.5, 0.6) is 0 Å². The predicted octanol–water partition coefficient (Wildman–Crippen LogP) is 4.03. The first-order valence-corrected chi connectivity index (χ1v) is 11.1. The summed E-state index contributed by atoms with van der Waals surface area (Å²) in [7, 11) is 0. The smallest absolute Gasteiger partial charge is 0.254 e.